The van der Waals surface area contributed by atoms with Gasteiger partial charge in [-0.2, -0.15) is 10.4 Å². The molecule has 78 valence electrons. The van der Waals surface area contributed by atoms with E-state index in [0.717, 1.165) is 6.42 Å². The Hall–Kier alpha value is -1.87. The smallest absolute Gasteiger partial charge is 0.231 e. The lowest BCUT2D eigenvalue weighted by Gasteiger charge is -2.07. The van der Waals surface area contributed by atoms with Gasteiger partial charge in [-0.1, -0.05) is 0 Å². The highest BCUT2D eigenvalue weighted by atomic mass is 16.5. The van der Waals surface area contributed by atoms with Crippen LogP contribution < -0.4 is 5.32 Å². The molecule has 2 rings (SSSR count). The maximum absolute atomic E-state index is 11.6. The average molecular weight is 206 g/mol. The predicted octanol–water partition coefficient (Wildman–Crippen LogP) is 0.256. The molecule has 0 aromatic carbocycles. The lowest BCUT2D eigenvalue weighted by molar-refractivity contribution is -0.119. The molecule has 1 aliphatic heterocycles. The number of aromatic nitrogens is 2. The summed E-state index contributed by atoms with van der Waals surface area (Å²) >= 11 is 0. The molecule has 15 heavy (non-hydrogen) atoms. The van der Waals surface area contributed by atoms with Gasteiger partial charge < -0.3 is 10.1 Å². The number of nitriles is 1. The summed E-state index contributed by atoms with van der Waals surface area (Å²) in [5.41, 5.74) is 0.335. The minimum atomic E-state index is -0.131. The summed E-state index contributed by atoms with van der Waals surface area (Å²) in [6, 6.07) is 1.93. The monoisotopic (exact) mass is 206 g/mol. The molecule has 1 fully saturated rings. The van der Waals surface area contributed by atoms with Gasteiger partial charge in [-0.25, -0.2) is 0 Å². The van der Waals surface area contributed by atoms with Crippen molar-refractivity contribution in [2.24, 2.45) is 5.92 Å². The van der Waals surface area contributed by atoms with Gasteiger partial charge in [0.15, 0.2) is 0 Å². The van der Waals surface area contributed by atoms with Crippen molar-refractivity contribution in [3.05, 3.63) is 11.8 Å². The van der Waals surface area contributed by atoms with E-state index in [-0.39, 0.29) is 11.8 Å². The van der Waals surface area contributed by atoms with Gasteiger partial charge in [0.05, 0.1) is 18.7 Å². The summed E-state index contributed by atoms with van der Waals surface area (Å²) in [6.07, 6.45) is 2.10. The van der Waals surface area contributed by atoms with E-state index in [9.17, 15) is 4.79 Å². The molecule has 1 aromatic heterocycles. The summed E-state index contributed by atoms with van der Waals surface area (Å²) in [7, 11) is 0. The first-order valence-electron chi connectivity index (χ1n) is 4.63. The third-order valence-electron chi connectivity index (χ3n) is 2.31. The first-order valence-corrected chi connectivity index (χ1v) is 4.63. The summed E-state index contributed by atoms with van der Waals surface area (Å²) in [5.74, 6) is 0.0995. The van der Waals surface area contributed by atoms with Gasteiger partial charge in [0, 0.05) is 6.61 Å². The summed E-state index contributed by atoms with van der Waals surface area (Å²) in [4.78, 5) is 11.6. The number of ether oxygens (including phenoxy) is 1. The van der Waals surface area contributed by atoms with Crippen molar-refractivity contribution in [2.45, 2.75) is 6.42 Å². The molecular formula is C9H10N4O2. The van der Waals surface area contributed by atoms with Gasteiger partial charge in [-0.3, -0.25) is 9.89 Å². The van der Waals surface area contributed by atoms with E-state index >= 15 is 0 Å². The van der Waals surface area contributed by atoms with Crippen molar-refractivity contribution in [3.63, 3.8) is 0 Å². The predicted molar refractivity (Wildman–Crippen MR) is 50.9 cm³/mol. The fourth-order valence-electron chi connectivity index (χ4n) is 1.43. The highest BCUT2D eigenvalue weighted by Gasteiger charge is 2.24. The van der Waals surface area contributed by atoms with Crippen LogP contribution in [0.3, 0.4) is 0 Å². The zero-order valence-electron chi connectivity index (χ0n) is 7.99. The van der Waals surface area contributed by atoms with Crippen LogP contribution in [0.2, 0.25) is 0 Å². The fourth-order valence-corrected chi connectivity index (χ4v) is 1.43. The molecule has 6 heteroatoms. The maximum Gasteiger partial charge on any atom is 0.231 e. The second-order valence-corrected chi connectivity index (χ2v) is 3.32. The molecule has 2 heterocycles. The third-order valence-corrected chi connectivity index (χ3v) is 2.31. The molecule has 1 unspecified atom stereocenters. The van der Waals surface area contributed by atoms with Crippen LogP contribution in [-0.4, -0.2) is 29.3 Å². The molecule has 0 saturated carbocycles. The van der Waals surface area contributed by atoms with Gasteiger partial charge in [0.1, 0.15) is 17.5 Å². The Morgan fingerprint density at radius 1 is 1.80 bits per heavy atom. The first-order chi connectivity index (χ1) is 7.31. The van der Waals surface area contributed by atoms with Crippen LogP contribution in [0.25, 0.3) is 0 Å². The average Bonchev–Trinajstić information content (AvgIpc) is 2.87. The van der Waals surface area contributed by atoms with Crippen molar-refractivity contribution in [1.82, 2.24) is 10.2 Å². The molecule has 6 nitrogen and oxygen atoms in total. The van der Waals surface area contributed by atoms with E-state index in [1.807, 2.05) is 6.07 Å². The Morgan fingerprint density at radius 2 is 2.67 bits per heavy atom. The van der Waals surface area contributed by atoms with Crippen LogP contribution in [0.4, 0.5) is 5.82 Å². The van der Waals surface area contributed by atoms with Crippen molar-refractivity contribution in [1.29, 1.82) is 5.26 Å². The third kappa shape index (κ3) is 1.97. The molecule has 1 saturated heterocycles. The van der Waals surface area contributed by atoms with Gasteiger partial charge in [0.2, 0.25) is 5.91 Å². The Morgan fingerprint density at radius 3 is 3.33 bits per heavy atom. The SMILES string of the molecule is N#Cc1cn[nH]c1NC(=O)C1CCOC1. The highest BCUT2D eigenvalue weighted by Crippen LogP contribution is 2.16. The van der Waals surface area contributed by atoms with Gasteiger partial charge in [-0.05, 0) is 6.42 Å². The lowest BCUT2D eigenvalue weighted by Crippen LogP contribution is -2.23. The summed E-state index contributed by atoms with van der Waals surface area (Å²) in [6.45, 7) is 1.06. The summed E-state index contributed by atoms with van der Waals surface area (Å²) < 4.78 is 5.10. The molecule has 1 amide bonds. The number of anilines is 1. The van der Waals surface area contributed by atoms with E-state index in [1.54, 1.807) is 0 Å². The molecule has 2 N–H and O–H groups in total. The zero-order valence-corrected chi connectivity index (χ0v) is 7.99. The number of nitrogens with zero attached hydrogens (tertiary/aromatic N) is 2. The van der Waals surface area contributed by atoms with Crippen LogP contribution in [0.5, 0.6) is 0 Å². The number of hydrogen-bond acceptors (Lipinski definition) is 4. The number of hydrogen-bond donors (Lipinski definition) is 2. The molecule has 0 bridgehead atoms. The van der Waals surface area contributed by atoms with Crippen LogP contribution in [0.1, 0.15) is 12.0 Å². The first kappa shape index (κ1) is 9.68. The molecule has 1 aromatic rings. The molecule has 0 radical (unpaired) electrons. The van der Waals surface area contributed by atoms with E-state index in [2.05, 4.69) is 15.5 Å². The topological polar surface area (TPSA) is 90.8 Å². The lowest BCUT2D eigenvalue weighted by atomic mass is 10.1. The second-order valence-electron chi connectivity index (χ2n) is 3.32. The number of carbonyl (C=O) groups excluding carboxylic acids is 1. The Balaban J connectivity index is 2.02. The van der Waals surface area contributed by atoms with E-state index in [1.165, 1.54) is 6.20 Å². The number of amides is 1. The standard InChI is InChI=1S/C9H10N4O2/c10-3-7-4-11-13-8(7)12-9(14)6-1-2-15-5-6/h4,6H,1-2,5H2,(H2,11,12,13,14). The minimum Gasteiger partial charge on any atom is -0.381 e. The minimum absolute atomic E-state index is 0.125. The number of carbonyl (C=O) groups is 1. The van der Waals surface area contributed by atoms with Crippen LogP contribution in [0.15, 0.2) is 6.20 Å². The number of nitrogens with one attached hydrogen (secondary N) is 2. The number of rotatable bonds is 2. The van der Waals surface area contributed by atoms with Crippen LogP contribution in [-0.2, 0) is 9.53 Å². The van der Waals surface area contributed by atoms with Crippen LogP contribution >= 0.6 is 0 Å². The maximum atomic E-state index is 11.6. The normalized spacial score (nSPS) is 19.8. The number of H-pyrrole nitrogens is 1. The summed E-state index contributed by atoms with van der Waals surface area (Å²) in [5, 5.41) is 17.6. The second kappa shape index (κ2) is 4.11. The van der Waals surface area contributed by atoms with E-state index < -0.39 is 0 Å². The molecule has 0 aliphatic carbocycles. The van der Waals surface area contributed by atoms with Crippen molar-refractivity contribution in [2.75, 3.05) is 18.5 Å². The largest absolute Gasteiger partial charge is 0.381 e. The quantitative estimate of drug-likeness (QED) is 0.725. The van der Waals surface area contributed by atoms with Crippen molar-refractivity contribution >= 4 is 11.7 Å². The molecule has 1 aliphatic rings. The molecule has 1 atom stereocenters. The van der Waals surface area contributed by atoms with Gasteiger partial charge in [0.25, 0.3) is 0 Å². The van der Waals surface area contributed by atoms with Gasteiger partial charge >= 0.3 is 0 Å². The van der Waals surface area contributed by atoms with Gasteiger partial charge in [-0.15, -0.1) is 0 Å². The molecule has 0 spiro atoms. The highest BCUT2D eigenvalue weighted by molar-refractivity contribution is 5.92. The zero-order chi connectivity index (χ0) is 10.7. The van der Waals surface area contributed by atoms with E-state index in [4.69, 9.17) is 10.00 Å². The molecular weight excluding hydrogens is 196 g/mol. The Kier molecular flexibility index (Phi) is 2.65. The van der Waals surface area contributed by atoms with E-state index in [0.29, 0.717) is 24.6 Å². The Labute approximate surface area is 86.2 Å². The Bertz CT molecular complexity index is 400. The number of aromatic amines is 1. The van der Waals surface area contributed by atoms with Crippen LogP contribution in [0, 0.1) is 17.2 Å². The van der Waals surface area contributed by atoms with Crippen molar-refractivity contribution < 1.29 is 9.53 Å². The fraction of sp³-hybridized carbons (Fsp3) is 0.444. The van der Waals surface area contributed by atoms with Crippen molar-refractivity contribution in [3.8, 4) is 6.07 Å².